The van der Waals surface area contributed by atoms with E-state index in [9.17, 15) is 0 Å². The number of aromatic nitrogens is 13. The van der Waals surface area contributed by atoms with Crippen molar-refractivity contribution in [2.24, 2.45) is 0 Å². The second kappa shape index (κ2) is 37.1. The van der Waals surface area contributed by atoms with Gasteiger partial charge in [0.2, 0.25) is 0 Å². The van der Waals surface area contributed by atoms with Gasteiger partial charge in [0.1, 0.15) is 0 Å². The first-order valence-electron chi connectivity index (χ1n) is 50.6. The summed E-state index contributed by atoms with van der Waals surface area (Å²) in [7, 11) is 0. The van der Waals surface area contributed by atoms with Crippen molar-refractivity contribution in [1.29, 1.82) is 0 Å². The van der Waals surface area contributed by atoms with E-state index >= 15 is 0 Å². The largest absolute Gasteiger partial charge is 0.307 e. The fourth-order valence-electron chi connectivity index (χ4n) is 22.5. The van der Waals surface area contributed by atoms with Gasteiger partial charge in [-0.25, -0.2) is 15.0 Å². The molecular weight excluding hydrogens is 1830 g/mol. The molecule has 0 N–H and O–H groups in total. The highest BCUT2D eigenvalue weighted by Gasteiger charge is 2.30. The molecule has 13 aromatic heterocycles. The first-order valence-corrected chi connectivity index (χ1v) is 50.6. The average molecular weight is 1920 g/mol. The molecule has 30 rings (SSSR count). The Morgan fingerprint density at radius 2 is 0.413 bits per heavy atom. The molecule has 17 aromatic carbocycles. The van der Waals surface area contributed by atoms with Crippen LogP contribution in [0.2, 0.25) is 0 Å². The number of fused-ring (bicyclic) bond motifs is 21. The number of hydrogen-bond acceptors (Lipinski definition) is 7. The highest BCUT2D eigenvalue weighted by atomic mass is 15.1. The van der Waals surface area contributed by atoms with Gasteiger partial charge < -0.3 is 27.4 Å². The summed E-state index contributed by atoms with van der Waals surface area (Å²) in [4.78, 5) is 34.5. The third-order valence-electron chi connectivity index (χ3n) is 29.1. The van der Waals surface area contributed by atoms with E-state index in [4.69, 9.17) is 24.9 Å². The molecule has 150 heavy (non-hydrogen) atoms. The Bertz CT molecular complexity index is 10200. The van der Waals surface area contributed by atoms with Crippen LogP contribution in [-0.4, -0.2) is 62.3 Å². The average Bonchev–Trinajstić information content (AvgIpc) is 1.54. The molecule has 0 bridgehead atoms. The highest BCUT2D eigenvalue weighted by molar-refractivity contribution is 6.30. The van der Waals surface area contributed by atoms with Crippen LogP contribution in [0.4, 0.5) is 0 Å². The lowest BCUT2D eigenvalue weighted by molar-refractivity contribution is 1.13. The summed E-state index contributed by atoms with van der Waals surface area (Å²) < 4.78 is 14.6. The van der Waals surface area contributed by atoms with Gasteiger partial charge in [-0.15, -0.1) is 0 Å². The molecule has 0 saturated carbocycles. The van der Waals surface area contributed by atoms with Crippen LogP contribution >= 0.6 is 0 Å². The zero-order chi connectivity index (χ0) is 99.1. The van der Waals surface area contributed by atoms with Crippen LogP contribution in [0.3, 0.4) is 0 Å². The SMILES string of the molecule is c1ccc(-c2cc(-n3c4ccccc4c4c(-c5ccccc5)cc5c6ccccc6n(-c6ccccc6)c5c43)cc(-c3ccccc3)n2)cc1.c1ccc(-c2ccc(-c3cc(-n4c5ccccc5c5ccc6c7ccccc7n(-c7ccccc7)c6c54)cc(-c4ccc(-c5ccccc5)nc4)n3)cn2)cc1.c1ccc(-n2c3ccccc3c3ccc4c5ccccc5n(-c5cc(-c6cccnc6)nc(-c6ccccn6)c5)c4c32)cc1. The molecule has 13 heteroatoms. The quantitative estimate of drug-likeness (QED) is 0.100. The first kappa shape index (κ1) is 87.4. The Labute approximate surface area is 863 Å². The molecule has 0 radical (unpaired) electrons. The normalized spacial score (nSPS) is 11.6. The number of benzene rings is 17. The van der Waals surface area contributed by atoms with Crippen molar-refractivity contribution in [3.63, 3.8) is 0 Å². The smallest absolute Gasteiger partial charge is 0.0914 e. The van der Waals surface area contributed by atoms with Gasteiger partial charge >= 0.3 is 0 Å². The fourth-order valence-corrected chi connectivity index (χ4v) is 22.5. The van der Waals surface area contributed by atoms with Crippen molar-refractivity contribution in [1.82, 2.24) is 62.3 Å². The topological polar surface area (TPSA) is 120 Å². The van der Waals surface area contributed by atoms with E-state index in [0.717, 1.165) is 157 Å². The predicted octanol–water partition coefficient (Wildman–Crippen LogP) is 34.4. The maximum absolute atomic E-state index is 5.31. The Morgan fingerprint density at radius 1 is 0.140 bits per heavy atom. The van der Waals surface area contributed by atoms with E-state index in [-0.39, 0.29) is 0 Å². The third kappa shape index (κ3) is 15.1. The van der Waals surface area contributed by atoms with E-state index < -0.39 is 0 Å². The molecule has 0 fully saturated rings. The highest BCUT2D eigenvalue weighted by Crippen LogP contribution is 2.50. The lowest BCUT2D eigenvalue weighted by Gasteiger charge is -2.16. The molecule has 0 aliphatic heterocycles. The van der Waals surface area contributed by atoms with E-state index in [1.165, 1.54) is 109 Å². The maximum atomic E-state index is 5.31. The maximum Gasteiger partial charge on any atom is 0.0914 e. The van der Waals surface area contributed by atoms with Gasteiger partial charge in [-0.2, -0.15) is 0 Å². The van der Waals surface area contributed by atoms with E-state index in [0.29, 0.717) is 0 Å². The monoisotopic (exact) mass is 1920 g/mol. The van der Waals surface area contributed by atoms with Crippen LogP contribution in [0.15, 0.2) is 541 Å². The number of hydrogen-bond donors (Lipinski definition) is 0. The second-order valence-corrected chi connectivity index (χ2v) is 37.8. The molecular formula is C137H89N13. The summed E-state index contributed by atoms with van der Waals surface area (Å²) in [6.07, 6.45) is 9.35. The van der Waals surface area contributed by atoms with Crippen LogP contribution < -0.4 is 0 Å². The molecule has 13 heterocycles. The predicted molar refractivity (Wildman–Crippen MR) is 619 cm³/mol. The molecule has 0 unspecified atom stereocenters. The summed E-state index contributed by atoms with van der Waals surface area (Å²) >= 11 is 0. The first-order chi connectivity index (χ1) is 74.5. The van der Waals surface area contributed by atoms with Crippen molar-refractivity contribution < 1.29 is 0 Å². The molecule has 702 valence electrons. The number of pyridine rings is 7. The summed E-state index contributed by atoms with van der Waals surface area (Å²) in [6, 6.07) is 180. The van der Waals surface area contributed by atoms with Gasteiger partial charge in [0, 0.05) is 152 Å². The minimum atomic E-state index is 0.809. The van der Waals surface area contributed by atoms with Crippen LogP contribution in [0.1, 0.15) is 0 Å². The zero-order valence-electron chi connectivity index (χ0n) is 81.2. The summed E-state index contributed by atoms with van der Waals surface area (Å²) in [5.74, 6) is 0. The molecule has 0 aliphatic carbocycles. The Balaban J connectivity index is 0.000000109. The van der Waals surface area contributed by atoms with Gasteiger partial charge in [0.15, 0.2) is 0 Å². The fraction of sp³-hybridized carbons (Fsp3) is 0. The van der Waals surface area contributed by atoms with Crippen molar-refractivity contribution in [3.8, 4) is 135 Å². The van der Waals surface area contributed by atoms with Crippen LogP contribution in [0, 0.1) is 0 Å². The lowest BCUT2D eigenvalue weighted by Crippen LogP contribution is -2.01. The second-order valence-electron chi connectivity index (χ2n) is 37.8. The van der Waals surface area contributed by atoms with Gasteiger partial charge in [-0.1, -0.05) is 346 Å². The standard InChI is InChI=1S/C51H33N5.C47H31N3.C39H25N5/c1-4-14-34(15-5-1)44-28-24-36(32-52-44)46-30-39(31-47(54-46)37-25-29-45(53-33-37)35-16-6-2-7-17-35)56-49-23-13-11-21-41(49)43-27-26-42-40-20-10-12-22-48(40)55(50(42)51(43)56)38-18-8-3-9-19-38;1-5-17-32(18-6-1)39-31-40-37-25-13-15-27-43(37)49(35-23-11-4-12-24-35)46(40)47-45(39)38-26-14-16-28-44(38)50(47)36-29-41(33-19-7-2-8-20-33)48-42(30-36)34-21-9-3-10-22-34;1-2-12-27(13-3-1)43-36-17-6-4-14-29(36)31-19-20-32-30-15-5-7-18-37(30)44(39(32)38(31)43)28-23-34(26-11-10-21-40-25-26)42-35(24-28)33-16-8-9-22-41-33/h1-33H;1-31H;1-25H. The molecule has 0 saturated heterocycles. The van der Waals surface area contributed by atoms with Crippen molar-refractivity contribution >= 4 is 131 Å². The molecule has 0 amide bonds. The van der Waals surface area contributed by atoms with E-state index in [1.54, 1.807) is 6.20 Å². The van der Waals surface area contributed by atoms with Gasteiger partial charge in [0.25, 0.3) is 0 Å². The lowest BCUT2D eigenvalue weighted by atomic mass is 9.96. The van der Waals surface area contributed by atoms with Crippen molar-refractivity contribution in [2.75, 3.05) is 0 Å². The van der Waals surface area contributed by atoms with Crippen LogP contribution in [0.25, 0.3) is 266 Å². The van der Waals surface area contributed by atoms with E-state index in [2.05, 4.69) is 486 Å². The molecule has 0 aliphatic rings. The van der Waals surface area contributed by atoms with Crippen LogP contribution in [0.5, 0.6) is 0 Å². The number of nitrogens with zero attached hydrogens (tertiary/aromatic N) is 13. The Kier molecular flexibility index (Phi) is 21.6. The number of rotatable bonds is 15. The van der Waals surface area contributed by atoms with Crippen molar-refractivity contribution in [2.45, 2.75) is 0 Å². The molecule has 0 atom stereocenters. The Hall–Kier alpha value is -20.4. The van der Waals surface area contributed by atoms with Crippen molar-refractivity contribution in [3.05, 3.63) is 541 Å². The molecule has 13 nitrogen and oxygen atoms in total. The minimum absolute atomic E-state index is 0.809. The molecule has 30 aromatic rings. The number of para-hydroxylation sites is 9. The third-order valence-corrected chi connectivity index (χ3v) is 29.1. The minimum Gasteiger partial charge on any atom is -0.307 e. The van der Waals surface area contributed by atoms with Crippen LogP contribution in [-0.2, 0) is 0 Å². The van der Waals surface area contributed by atoms with Gasteiger partial charge in [-0.3, -0.25) is 19.9 Å². The summed E-state index contributed by atoms with van der Waals surface area (Å²) in [6.45, 7) is 0. The van der Waals surface area contributed by atoms with E-state index in [1.807, 2.05) is 85.5 Å². The van der Waals surface area contributed by atoms with Gasteiger partial charge in [-0.05, 0) is 175 Å². The molecule has 0 spiro atoms. The zero-order valence-corrected chi connectivity index (χ0v) is 81.2. The summed E-state index contributed by atoms with van der Waals surface area (Å²) in [5, 5.41) is 14.6. The summed E-state index contributed by atoms with van der Waals surface area (Å²) in [5.41, 5.74) is 37.8. The Morgan fingerprint density at radius 3 is 0.760 bits per heavy atom. The van der Waals surface area contributed by atoms with Gasteiger partial charge in [0.05, 0.1) is 135 Å².